The van der Waals surface area contributed by atoms with E-state index in [1.807, 2.05) is 0 Å². The zero-order chi connectivity index (χ0) is 12.5. The number of hydrogen-bond donors (Lipinski definition) is 1. The molecule has 0 atom stereocenters. The van der Waals surface area contributed by atoms with Crippen molar-refractivity contribution in [2.45, 2.75) is 0 Å². The second-order valence-corrected chi connectivity index (χ2v) is 3.66. The van der Waals surface area contributed by atoms with E-state index in [1.165, 1.54) is 0 Å². The van der Waals surface area contributed by atoms with Crippen LogP contribution in [0.5, 0.6) is 0 Å². The number of aromatic nitrogens is 4. The largest absolute Gasteiger partial charge is 0.476 e. The van der Waals surface area contributed by atoms with Crippen molar-refractivity contribution in [3.63, 3.8) is 0 Å². The smallest absolute Gasteiger partial charge is 0.356 e. The lowest BCUT2D eigenvalue weighted by atomic mass is 10.2. The summed E-state index contributed by atoms with van der Waals surface area (Å²) in [6, 6.07) is 5.17. The van der Waals surface area contributed by atoms with Crippen LogP contribution >= 0.6 is 0 Å². The molecule has 0 spiro atoms. The van der Waals surface area contributed by atoms with E-state index in [-0.39, 0.29) is 5.69 Å². The molecule has 0 aliphatic rings. The molecule has 0 aromatic carbocycles. The average Bonchev–Trinajstić information content (AvgIpc) is 2.79. The minimum absolute atomic E-state index is 0.0178. The average molecular weight is 240 g/mol. The van der Waals surface area contributed by atoms with Gasteiger partial charge in [0.1, 0.15) is 12.2 Å². The number of hydrogen-bond acceptors (Lipinski definition) is 4. The maximum absolute atomic E-state index is 11.2. The number of imidazole rings is 1. The van der Waals surface area contributed by atoms with Gasteiger partial charge in [0.25, 0.3) is 0 Å². The number of pyridine rings is 1. The fourth-order valence-corrected chi connectivity index (χ4v) is 1.80. The predicted molar refractivity (Wildman–Crippen MR) is 63.2 cm³/mol. The maximum atomic E-state index is 11.2. The molecule has 0 aliphatic heterocycles. The summed E-state index contributed by atoms with van der Waals surface area (Å²) in [6.45, 7) is 0. The Kier molecular flexibility index (Phi) is 2.26. The molecular weight excluding hydrogens is 232 g/mol. The molecular formula is C12H8N4O2. The van der Waals surface area contributed by atoms with Crippen LogP contribution in [0.15, 0.2) is 43.1 Å². The van der Waals surface area contributed by atoms with Crippen LogP contribution in [-0.4, -0.2) is 30.4 Å². The highest BCUT2D eigenvalue weighted by Crippen LogP contribution is 2.21. The Morgan fingerprint density at radius 1 is 1.11 bits per heavy atom. The number of rotatable bonds is 2. The summed E-state index contributed by atoms with van der Waals surface area (Å²) < 4.78 is 1.65. The van der Waals surface area contributed by atoms with Crippen LogP contribution in [0.4, 0.5) is 0 Å². The zero-order valence-corrected chi connectivity index (χ0v) is 9.19. The van der Waals surface area contributed by atoms with E-state index in [0.717, 1.165) is 5.56 Å². The van der Waals surface area contributed by atoms with Crippen molar-refractivity contribution >= 4 is 11.5 Å². The van der Waals surface area contributed by atoms with Crippen molar-refractivity contribution in [2.75, 3.05) is 0 Å². The number of carboxylic acids is 1. The molecule has 6 nitrogen and oxygen atoms in total. The van der Waals surface area contributed by atoms with Crippen molar-refractivity contribution in [2.24, 2.45) is 0 Å². The molecule has 88 valence electrons. The lowest BCUT2D eigenvalue weighted by Crippen LogP contribution is -1.97. The van der Waals surface area contributed by atoms with Gasteiger partial charge in [0.15, 0.2) is 5.69 Å². The van der Waals surface area contributed by atoms with E-state index in [4.69, 9.17) is 5.11 Å². The van der Waals surface area contributed by atoms with E-state index >= 15 is 0 Å². The monoisotopic (exact) mass is 240 g/mol. The van der Waals surface area contributed by atoms with Crippen LogP contribution in [0.25, 0.3) is 16.9 Å². The third kappa shape index (κ3) is 1.51. The fraction of sp³-hybridized carbons (Fsp3) is 0. The Bertz CT molecular complexity index is 721. The topological polar surface area (TPSA) is 80.4 Å². The van der Waals surface area contributed by atoms with Crippen molar-refractivity contribution in [3.8, 4) is 11.4 Å². The van der Waals surface area contributed by atoms with E-state index in [1.54, 1.807) is 47.5 Å². The Balaban J connectivity index is 2.34. The normalized spacial score (nSPS) is 10.7. The molecule has 0 saturated heterocycles. The van der Waals surface area contributed by atoms with Gasteiger partial charge in [0.05, 0.1) is 5.52 Å². The molecule has 0 fully saturated rings. The first-order valence-electron chi connectivity index (χ1n) is 5.23. The number of fused-ring (bicyclic) bond motifs is 1. The second kappa shape index (κ2) is 3.92. The molecule has 3 aromatic rings. The first-order chi connectivity index (χ1) is 8.77. The summed E-state index contributed by atoms with van der Waals surface area (Å²) in [5, 5.41) is 9.13. The molecule has 6 heteroatoms. The summed E-state index contributed by atoms with van der Waals surface area (Å²) in [4.78, 5) is 23.2. The molecule has 18 heavy (non-hydrogen) atoms. The van der Waals surface area contributed by atoms with Crippen LogP contribution in [0, 0.1) is 0 Å². The molecule has 0 aliphatic carbocycles. The van der Waals surface area contributed by atoms with Crippen molar-refractivity contribution < 1.29 is 9.90 Å². The molecule has 0 saturated carbocycles. The molecule has 0 radical (unpaired) electrons. The van der Waals surface area contributed by atoms with Gasteiger partial charge >= 0.3 is 5.97 Å². The summed E-state index contributed by atoms with van der Waals surface area (Å²) in [5.74, 6) is -0.517. The van der Waals surface area contributed by atoms with Crippen LogP contribution < -0.4 is 0 Å². The lowest BCUT2D eigenvalue weighted by Gasteiger charge is -1.98. The highest BCUT2D eigenvalue weighted by atomic mass is 16.4. The molecule has 0 bridgehead atoms. The highest BCUT2D eigenvalue weighted by molar-refractivity contribution is 5.94. The van der Waals surface area contributed by atoms with E-state index in [2.05, 4.69) is 15.0 Å². The first-order valence-corrected chi connectivity index (χ1v) is 5.23. The van der Waals surface area contributed by atoms with Crippen LogP contribution in [0.1, 0.15) is 10.5 Å². The Morgan fingerprint density at radius 2 is 1.83 bits per heavy atom. The van der Waals surface area contributed by atoms with Crippen LogP contribution in [0.3, 0.4) is 0 Å². The Morgan fingerprint density at radius 3 is 2.56 bits per heavy atom. The standard InChI is InChI=1S/C12H8N4O2/c17-12(18)10-9-3-6-14-7-16(9)11(15-10)8-1-4-13-5-2-8/h1-7H,(H,17,18). The fourth-order valence-electron chi connectivity index (χ4n) is 1.80. The molecule has 0 unspecified atom stereocenters. The summed E-state index contributed by atoms with van der Waals surface area (Å²) in [5.41, 5.74) is 1.33. The molecule has 3 rings (SSSR count). The third-order valence-corrected chi connectivity index (χ3v) is 2.59. The summed E-state index contributed by atoms with van der Waals surface area (Å²) >= 11 is 0. The molecule has 1 N–H and O–H groups in total. The maximum Gasteiger partial charge on any atom is 0.356 e. The number of carboxylic acid groups (broad SMARTS) is 1. The van der Waals surface area contributed by atoms with E-state index < -0.39 is 5.97 Å². The molecule has 3 heterocycles. The van der Waals surface area contributed by atoms with Gasteiger partial charge in [-0.15, -0.1) is 0 Å². The molecule has 0 amide bonds. The number of carbonyl (C=O) groups is 1. The lowest BCUT2D eigenvalue weighted by molar-refractivity contribution is 0.0693. The van der Waals surface area contributed by atoms with Gasteiger partial charge in [0, 0.05) is 24.2 Å². The quantitative estimate of drug-likeness (QED) is 0.734. The van der Waals surface area contributed by atoms with Crippen molar-refractivity contribution in [1.82, 2.24) is 19.4 Å². The van der Waals surface area contributed by atoms with Gasteiger partial charge < -0.3 is 5.11 Å². The van der Waals surface area contributed by atoms with Crippen molar-refractivity contribution in [3.05, 3.63) is 48.8 Å². The van der Waals surface area contributed by atoms with Gasteiger partial charge in [0.2, 0.25) is 0 Å². The van der Waals surface area contributed by atoms with E-state index in [0.29, 0.717) is 11.3 Å². The SMILES string of the molecule is O=C(O)c1nc(-c2ccncc2)n2cnccc12. The van der Waals surface area contributed by atoms with Gasteiger partial charge in [-0.05, 0) is 18.2 Å². The van der Waals surface area contributed by atoms with Gasteiger partial charge in [-0.3, -0.25) is 9.38 Å². The van der Waals surface area contributed by atoms with E-state index in [9.17, 15) is 4.79 Å². The summed E-state index contributed by atoms with van der Waals surface area (Å²) in [7, 11) is 0. The van der Waals surface area contributed by atoms with Gasteiger partial charge in [-0.2, -0.15) is 0 Å². The Hall–Kier alpha value is -2.76. The zero-order valence-electron chi connectivity index (χ0n) is 9.19. The predicted octanol–water partition coefficient (Wildman–Crippen LogP) is 1.49. The Labute approximate surface area is 102 Å². The minimum atomic E-state index is -1.06. The highest BCUT2D eigenvalue weighted by Gasteiger charge is 2.17. The van der Waals surface area contributed by atoms with Crippen molar-refractivity contribution in [1.29, 1.82) is 0 Å². The molecule has 3 aromatic heterocycles. The first kappa shape index (κ1) is 10.4. The van der Waals surface area contributed by atoms with Gasteiger partial charge in [-0.25, -0.2) is 14.8 Å². The summed E-state index contributed by atoms with van der Waals surface area (Å²) in [6.07, 6.45) is 6.35. The second-order valence-electron chi connectivity index (χ2n) is 3.66. The number of nitrogens with zero attached hydrogens (tertiary/aromatic N) is 4. The van der Waals surface area contributed by atoms with Crippen LogP contribution in [0.2, 0.25) is 0 Å². The number of aromatic carboxylic acids is 1. The van der Waals surface area contributed by atoms with Crippen LogP contribution in [-0.2, 0) is 0 Å². The minimum Gasteiger partial charge on any atom is -0.476 e. The van der Waals surface area contributed by atoms with Gasteiger partial charge in [-0.1, -0.05) is 0 Å². The third-order valence-electron chi connectivity index (χ3n) is 2.59.